The highest BCUT2D eigenvalue weighted by atomic mass is 32.1. The smallest absolute Gasteiger partial charge is 0.337 e. The van der Waals surface area contributed by atoms with E-state index in [0.717, 1.165) is 5.56 Å². The average Bonchev–Trinajstić information content (AvgIpc) is 2.75. The summed E-state index contributed by atoms with van der Waals surface area (Å²) in [6.45, 7) is 6.60. The van der Waals surface area contributed by atoms with Crippen molar-refractivity contribution >= 4 is 29.2 Å². The summed E-state index contributed by atoms with van der Waals surface area (Å²) in [4.78, 5) is 26.7. The van der Waals surface area contributed by atoms with Gasteiger partial charge in [0.05, 0.1) is 38.0 Å². The monoisotopic (exact) mass is 463 g/mol. The predicted molar refractivity (Wildman–Crippen MR) is 121 cm³/mol. The number of nitrogens with zero attached hydrogens (tertiary/aromatic N) is 1. The molecular weight excluding hydrogens is 434 g/mol. The Kier molecular flexibility index (Phi) is 7.57. The van der Waals surface area contributed by atoms with Crippen LogP contribution in [0.4, 0.5) is 0 Å². The number of carbonyl (C=O) groups excluding carboxylic acids is 2. The van der Waals surface area contributed by atoms with Gasteiger partial charge in [-0.25, -0.2) is 4.79 Å². The molecule has 0 spiro atoms. The van der Waals surface area contributed by atoms with Crippen LogP contribution in [-0.4, -0.2) is 68.0 Å². The van der Waals surface area contributed by atoms with Crippen molar-refractivity contribution in [3.63, 3.8) is 0 Å². The number of nitrogens with one attached hydrogen (secondary N) is 2. The van der Waals surface area contributed by atoms with Gasteiger partial charge in [0.2, 0.25) is 0 Å². The summed E-state index contributed by atoms with van der Waals surface area (Å²) in [7, 11) is 2.85. The summed E-state index contributed by atoms with van der Waals surface area (Å²) in [6.07, 6.45) is -0.0267. The molecule has 3 atom stereocenters. The molecule has 0 radical (unpaired) electrons. The summed E-state index contributed by atoms with van der Waals surface area (Å²) in [6, 6.07) is 4.74. The van der Waals surface area contributed by atoms with Crippen molar-refractivity contribution in [1.82, 2.24) is 15.5 Å². The highest BCUT2D eigenvalue weighted by molar-refractivity contribution is 7.80. The number of ether oxygens (including phenoxy) is 4. The second kappa shape index (κ2) is 10.2. The number of methoxy groups -OCH3 is 2. The van der Waals surface area contributed by atoms with Crippen molar-refractivity contribution in [3.8, 4) is 11.5 Å². The van der Waals surface area contributed by atoms with E-state index >= 15 is 0 Å². The van der Waals surface area contributed by atoms with Gasteiger partial charge in [-0.3, -0.25) is 4.79 Å². The molecule has 1 fully saturated rings. The Morgan fingerprint density at radius 1 is 1.19 bits per heavy atom. The Hall–Kier alpha value is -2.85. The van der Waals surface area contributed by atoms with Crippen LogP contribution in [0.15, 0.2) is 29.5 Å². The molecule has 2 aliphatic heterocycles. The van der Waals surface area contributed by atoms with E-state index in [2.05, 4.69) is 10.6 Å². The summed E-state index contributed by atoms with van der Waals surface area (Å²) < 4.78 is 21.9. The van der Waals surface area contributed by atoms with Crippen molar-refractivity contribution in [3.05, 3.63) is 35.0 Å². The maximum absolute atomic E-state index is 12.6. The van der Waals surface area contributed by atoms with Crippen LogP contribution in [0.3, 0.4) is 0 Å². The SMILES string of the molecule is COC(=O)C1=C(C)NC(=S)N[C@H]1c1ccc(OCC(=O)N2C[C@H](C)O[C@@H](C)C2)c(OC)c1. The molecule has 10 heteroatoms. The van der Waals surface area contributed by atoms with Crippen LogP contribution in [-0.2, 0) is 19.1 Å². The number of hydrogen-bond acceptors (Lipinski definition) is 7. The number of morpholine rings is 1. The number of thiocarbonyl (C=S) groups is 1. The lowest BCUT2D eigenvalue weighted by atomic mass is 9.95. The summed E-state index contributed by atoms with van der Waals surface area (Å²) in [5, 5.41) is 6.44. The van der Waals surface area contributed by atoms with Gasteiger partial charge in [-0.1, -0.05) is 6.07 Å². The molecule has 0 bridgehead atoms. The van der Waals surface area contributed by atoms with E-state index in [1.54, 1.807) is 30.0 Å². The fraction of sp³-hybridized carbons (Fsp3) is 0.500. The van der Waals surface area contributed by atoms with Gasteiger partial charge in [0, 0.05) is 18.8 Å². The lowest BCUT2D eigenvalue weighted by molar-refractivity contribution is -0.145. The molecule has 0 aromatic heterocycles. The minimum absolute atomic E-state index is 0.0133. The maximum Gasteiger partial charge on any atom is 0.337 e. The summed E-state index contributed by atoms with van der Waals surface area (Å²) in [5.41, 5.74) is 1.77. The molecule has 0 saturated carbocycles. The molecule has 0 unspecified atom stereocenters. The zero-order chi connectivity index (χ0) is 23.4. The van der Waals surface area contributed by atoms with Crippen LogP contribution in [0.2, 0.25) is 0 Å². The Morgan fingerprint density at radius 2 is 1.88 bits per heavy atom. The third-order valence-electron chi connectivity index (χ3n) is 5.32. The molecule has 0 aliphatic carbocycles. The molecule has 1 aromatic carbocycles. The van der Waals surface area contributed by atoms with Crippen molar-refractivity contribution in [2.24, 2.45) is 0 Å². The largest absolute Gasteiger partial charge is 0.493 e. The fourth-order valence-electron chi connectivity index (χ4n) is 3.92. The molecule has 2 heterocycles. The zero-order valence-corrected chi connectivity index (χ0v) is 19.7. The van der Waals surface area contributed by atoms with Gasteiger partial charge < -0.3 is 34.5 Å². The molecule has 1 saturated heterocycles. The van der Waals surface area contributed by atoms with Gasteiger partial charge in [-0.2, -0.15) is 0 Å². The zero-order valence-electron chi connectivity index (χ0n) is 18.9. The molecule has 3 rings (SSSR count). The Balaban J connectivity index is 1.77. The first-order valence-electron chi connectivity index (χ1n) is 10.3. The van der Waals surface area contributed by atoms with Gasteiger partial charge in [0.25, 0.3) is 5.91 Å². The van der Waals surface area contributed by atoms with Gasteiger partial charge >= 0.3 is 5.97 Å². The third-order valence-corrected chi connectivity index (χ3v) is 5.54. The molecule has 1 amide bonds. The summed E-state index contributed by atoms with van der Waals surface area (Å²) in [5.74, 6) is 0.284. The van der Waals surface area contributed by atoms with Crippen molar-refractivity contribution < 1.29 is 28.5 Å². The van der Waals surface area contributed by atoms with Gasteiger partial charge in [0.15, 0.2) is 23.2 Å². The first-order chi connectivity index (χ1) is 15.2. The van der Waals surface area contributed by atoms with Crippen molar-refractivity contribution in [2.45, 2.75) is 39.0 Å². The quantitative estimate of drug-likeness (QED) is 0.482. The first kappa shape index (κ1) is 23.8. The highest BCUT2D eigenvalue weighted by Crippen LogP contribution is 2.34. The Labute approximate surface area is 193 Å². The Morgan fingerprint density at radius 3 is 2.50 bits per heavy atom. The van der Waals surface area contributed by atoms with Gasteiger partial charge in [0.1, 0.15) is 0 Å². The standard InChI is InChI=1S/C22H29N3O6S/c1-12-9-25(10-13(2)31-12)18(26)11-30-16-7-6-15(8-17(16)28-4)20-19(21(27)29-5)14(3)23-22(32)24-20/h6-8,12-13,20H,9-11H2,1-5H3,(H2,23,24,32)/t12-,13-,20-/m0/s1. The number of carbonyl (C=O) groups is 2. The molecule has 2 aliphatic rings. The fourth-order valence-corrected chi connectivity index (χ4v) is 4.19. The molecule has 9 nitrogen and oxygen atoms in total. The van der Waals surface area contributed by atoms with Crippen LogP contribution in [0.25, 0.3) is 0 Å². The first-order valence-corrected chi connectivity index (χ1v) is 10.7. The number of hydrogen-bond donors (Lipinski definition) is 2. The van der Waals surface area contributed by atoms with E-state index < -0.39 is 12.0 Å². The normalized spacial score (nSPS) is 23.2. The molecule has 174 valence electrons. The minimum atomic E-state index is -0.517. The molecule has 2 N–H and O–H groups in total. The van der Waals surface area contributed by atoms with Gasteiger partial charge in [-0.15, -0.1) is 0 Å². The van der Waals surface area contributed by atoms with E-state index in [1.807, 2.05) is 13.8 Å². The van der Waals surface area contributed by atoms with E-state index in [9.17, 15) is 9.59 Å². The topological polar surface area (TPSA) is 98.4 Å². The number of benzene rings is 1. The number of allylic oxidation sites excluding steroid dienone is 1. The minimum Gasteiger partial charge on any atom is -0.493 e. The average molecular weight is 464 g/mol. The van der Waals surface area contributed by atoms with Crippen molar-refractivity contribution in [2.75, 3.05) is 33.9 Å². The molecule has 1 aromatic rings. The van der Waals surface area contributed by atoms with Crippen LogP contribution < -0.4 is 20.1 Å². The Bertz CT molecular complexity index is 924. The lowest BCUT2D eigenvalue weighted by Crippen LogP contribution is -2.49. The van der Waals surface area contributed by atoms with Crippen LogP contribution in [0.5, 0.6) is 11.5 Å². The lowest BCUT2D eigenvalue weighted by Gasteiger charge is -2.35. The van der Waals surface area contributed by atoms with E-state index in [1.165, 1.54) is 14.2 Å². The van der Waals surface area contributed by atoms with E-state index in [-0.39, 0.29) is 24.7 Å². The van der Waals surface area contributed by atoms with E-state index in [4.69, 9.17) is 31.2 Å². The molecule has 32 heavy (non-hydrogen) atoms. The highest BCUT2D eigenvalue weighted by Gasteiger charge is 2.31. The third kappa shape index (κ3) is 5.31. The number of rotatable bonds is 6. The number of esters is 1. The summed E-state index contributed by atoms with van der Waals surface area (Å²) >= 11 is 5.26. The van der Waals surface area contributed by atoms with Crippen molar-refractivity contribution in [1.29, 1.82) is 0 Å². The molecular formula is C22H29N3O6S. The van der Waals surface area contributed by atoms with Crippen LogP contribution >= 0.6 is 12.2 Å². The van der Waals surface area contributed by atoms with Crippen LogP contribution in [0.1, 0.15) is 32.4 Å². The van der Waals surface area contributed by atoms with E-state index in [0.29, 0.717) is 41.0 Å². The second-order valence-corrected chi connectivity index (χ2v) is 8.22. The van der Waals surface area contributed by atoms with Crippen LogP contribution in [0, 0.1) is 0 Å². The maximum atomic E-state index is 12.6. The number of amides is 1. The predicted octanol–water partition coefficient (Wildman–Crippen LogP) is 1.68. The second-order valence-electron chi connectivity index (χ2n) is 7.82. The van der Waals surface area contributed by atoms with Gasteiger partial charge in [-0.05, 0) is 50.7 Å².